The van der Waals surface area contributed by atoms with Crippen LogP contribution in [-0.4, -0.2) is 21.2 Å². The Labute approximate surface area is 146 Å². The summed E-state index contributed by atoms with van der Waals surface area (Å²) in [5.74, 6) is -1.30. The van der Waals surface area contributed by atoms with Crippen molar-refractivity contribution in [2.75, 3.05) is 5.32 Å². The molecule has 26 heavy (non-hydrogen) atoms. The Bertz CT molecular complexity index is 1150. The molecule has 0 aliphatic rings. The number of Topliss-reactive ketones (excluding diaryl/α,β-unsaturated/α-hetero) is 1. The molecule has 0 saturated carbocycles. The third kappa shape index (κ3) is 3.44. The van der Waals surface area contributed by atoms with E-state index < -0.39 is 29.4 Å². The Balaban J connectivity index is 1.94. The Morgan fingerprint density at radius 1 is 1.15 bits per heavy atom. The van der Waals surface area contributed by atoms with E-state index >= 15 is 0 Å². The first-order chi connectivity index (χ1) is 12.3. The number of anilines is 1. The predicted molar refractivity (Wildman–Crippen MR) is 93.9 cm³/mol. The number of nitrogens with one attached hydrogen (secondary N) is 2. The molecule has 132 valence electrons. The van der Waals surface area contributed by atoms with E-state index in [1.807, 2.05) is 0 Å². The van der Waals surface area contributed by atoms with Gasteiger partial charge in [0, 0.05) is 11.3 Å². The van der Waals surface area contributed by atoms with E-state index in [1.54, 1.807) is 18.2 Å². The summed E-state index contributed by atoms with van der Waals surface area (Å²) in [6.45, 7) is 0.969. The number of benzene rings is 2. The molecule has 0 atom stereocenters. The summed E-state index contributed by atoms with van der Waals surface area (Å²) < 4.78 is 14.3. The fourth-order valence-electron chi connectivity index (χ4n) is 2.57. The second kappa shape index (κ2) is 6.75. The van der Waals surface area contributed by atoms with Gasteiger partial charge >= 0.3 is 11.1 Å². The highest BCUT2D eigenvalue weighted by molar-refractivity contribution is 5.97. The molecular formula is C18H14FN3O4. The number of carbonyl (C=O) groups excluding carboxylic acids is 2. The van der Waals surface area contributed by atoms with E-state index in [0.29, 0.717) is 11.3 Å². The van der Waals surface area contributed by atoms with Gasteiger partial charge in [-0.25, -0.2) is 4.39 Å². The third-order valence-electron chi connectivity index (χ3n) is 3.79. The Morgan fingerprint density at radius 3 is 2.65 bits per heavy atom. The zero-order valence-electron chi connectivity index (χ0n) is 13.7. The summed E-state index contributed by atoms with van der Waals surface area (Å²) in [7, 11) is 0. The van der Waals surface area contributed by atoms with Gasteiger partial charge in [-0.05, 0) is 37.3 Å². The molecule has 0 radical (unpaired) electrons. The van der Waals surface area contributed by atoms with Crippen molar-refractivity contribution in [2.45, 2.75) is 13.5 Å². The van der Waals surface area contributed by atoms with Crippen molar-refractivity contribution in [2.24, 2.45) is 0 Å². The first-order valence-electron chi connectivity index (χ1n) is 7.68. The first-order valence-corrected chi connectivity index (χ1v) is 7.68. The molecule has 7 nitrogen and oxygen atoms in total. The Kier molecular flexibility index (Phi) is 4.49. The number of H-pyrrole nitrogens is 1. The number of nitrogens with zero attached hydrogens (tertiary/aromatic N) is 1. The fourth-order valence-corrected chi connectivity index (χ4v) is 2.57. The maximum Gasteiger partial charge on any atom is 0.317 e. The summed E-state index contributed by atoms with van der Waals surface area (Å²) in [5.41, 5.74) is -0.719. The molecule has 0 fully saturated rings. The number of fused-ring (bicyclic) bond motifs is 1. The number of halogens is 1. The average molecular weight is 355 g/mol. The van der Waals surface area contributed by atoms with Gasteiger partial charge in [0.05, 0.1) is 11.0 Å². The molecule has 0 unspecified atom stereocenters. The Hall–Kier alpha value is -3.55. The van der Waals surface area contributed by atoms with Gasteiger partial charge in [0.1, 0.15) is 12.4 Å². The summed E-state index contributed by atoms with van der Waals surface area (Å²) >= 11 is 0. The molecule has 0 bridgehead atoms. The van der Waals surface area contributed by atoms with E-state index in [4.69, 9.17) is 0 Å². The standard InChI is InChI=1S/C18H14FN3O4/c1-10(23)11-3-2-4-13(7-11)20-16(24)9-22-15-6-5-12(19)8-14(15)21-17(25)18(22)26/h2-8H,9H2,1H3,(H,20,24)(H,21,25). The smallest absolute Gasteiger partial charge is 0.317 e. The number of hydrogen-bond acceptors (Lipinski definition) is 4. The van der Waals surface area contributed by atoms with Gasteiger partial charge in [0.25, 0.3) is 0 Å². The minimum Gasteiger partial charge on any atom is -0.325 e. The van der Waals surface area contributed by atoms with Crippen molar-refractivity contribution in [1.82, 2.24) is 9.55 Å². The molecular weight excluding hydrogens is 341 g/mol. The topological polar surface area (TPSA) is 101 Å². The SMILES string of the molecule is CC(=O)c1cccc(NC(=O)Cn2c(=O)c(=O)[nH]c3cc(F)ccc32)c1. The van der Waals surface area contributed by atoms with Gasteiger partial charge < -0.3 is 10.3 Å². The van der Waals surface area contributed by atoms with Gasteiger partial charge in [-0.2, -0.15) is 0 Å². The van der Waals surface area contributed by atoms with Crippen molar-refractivity contribution < 1.29 is 14.0 Å². The molecule has 1 aromatic heterocycles. The van der Waals surface area contributed by atoms with E-state index in [-0.39, 0.29) is 16.8 Å². The fraction of sp³-hybridized carbons (Fsp3) is 0.111. The second-order valence-corrected chi connectivity index (χ2v) is 5.69. The van der Waals surface area contributed by atoms with Crippen LogP contribution >= 0.6 is 0 Å². The zero-order valence-corrected chi connectivity index (χ0v) is 13.7. The molecule has 0 aliphatic carbocycles. The molecule has 0 aliphatic heterocycles. The van der Waals surface area contributed by atoms with Crippen LogP contribution in [0.25, 0.3) is 11.0 Å². The van der Waals surface area contributed by atoms with Gasteiger partial charge in [0.2, 0.25) is 5.91 Å². The van der Waals surface area contributed by atoms with Crippen LogP contribution in [0.1, 0.15) is 17.3 Å². The lowest BCUT2D eigenvalue weighted by Crippen LogP contribution is -2.38. The highest BCUT2D eigenvalue weighted by Gasteiger charge is 2.12. The highest BCUT2D eigenvalue weighted by Crippen LogP contribution is 2.13. The van der Waals surface area contributed by atoms with E-state index in [9.17, 15) is 23.6 Å². The lowest BCUT2D eigenvalue weighted by atomic mass is 10.1. The average Bonchev–Trinajstić information content (AvgIpc) is 2.59. The number of aromatic amines is 1. The molecule has 3 rings (SSSR count). The number of rotatable bonds is 4. The van der Waals surface area contributed by atoms with E-state index in [0.717, 1.165) is 16.7 Å². The largest absolute Gasteiger partial charge is 0.325 e. The van der Waals surface area contributed by atoms with Crippen LogP contribution in [0.4, 0.5) is 10.1 Å². The molecule has 1 heterocycles. The quantitative estimate of drug-likeness (QED) is 0.549. The molecule has 2 aromatic carbocycles. The highest BCUT2D eigenvalue weighted by atomic mass is 19.1. The maximum absolute atomic E-state index is 13.3. The van der Waals surface area contributed by atoms with Gasteiger partial charge in [-0.1, -0.05) is 12.1 Å². The van der Waals surface area contributed by atoms with Crippen LogP contribution in [0.2, 0.25) is 0 Å². The minimum atomic E-state index is -0.950. The van der Waals surface area contributed by atoms with Crippen molar-refractivity contribution >= 4 is 28.4 Å². The molecule has 1 amide bonds. The van der Waals surface area contributed by atoms with Crippen molar-refractivity contribution in [3.8, 4) is 0 Å². The van der Waals surface area contributed by atoms with Crippen LogP contribution in [-0.2, 0) is 11.3 Å². The summed E-state index contributed by atoms with van der Waals surface area (Å²) in [5, 5.41) is 2.57. The lowest BCUT2D eigenvalue weighted by molar-refractivity contribution is -0.116. The number of ketones is 1. The van der Waals surface area contributed by atoms with Gasteiger partial charge in [-0.15, -0.1) is 0 Å². The molecule has 2 N–H and O–H groups in total. The molecule has 0 spiro atoms. The maximum atomic E-state index is 13.3. The van der Waals surface area contributed by atoms with Gasteiger partial charge in [-0.3, -0.25) is 23.7 Å². The normalized spacial score (nSPS) is 10.7. The van der Waals surface area contributed by atoms with E-state index in [2.05, 4.69) is 10.3 Å². The molecule has 8 heteroatoms. The number of amides is 1. The van der Waals surface area contributed by atoms with Crippen molar-refractivity contribution in [3.05, 3.63) is 74.6 Å². The van der Waals surface area contributed by atoms with Crippen LogP contribution in [0.3, 0.4) is 0 Å². The van der Waals surface area contributed by atoms with Crippen LogP contribution in [0, 0.1) is 5.82 Å². The Morgan fingerprint density at radius 2 is 1.92 bits per heavy atom. The summed E-state index contributed by atoms with van der Waals surface area (Å²) in [4.78, 5) is 49.8. The first kappa shape index (κ1) is 17.3. The third-order valence-corrected chi connectivity index (χ3v) is 3.79. The monoisotopic (exact) mass is 355 g/mol. The minimum absolute atomic E-state index is 0.112. The van der Waals surface area contributed by atoms with E-state index in [1.165, 1.54) is 19.1 Å². The second-order valence-electron chi connectivity index (χ2n) is 5.69. The van der Waals surface area contributed by atoms with Crippen molar-refractivity contribution in [3.63, 3.8) is 0 Å². The van der Waals surface area contributed by atoms with Gasteiger partial charge in [0.15, 0.2) is 5.78 Å². The zero-order chi connectivity index (χ0) is 18.8. The molecule has 0 saturated heterocycles. The number of carbonyl (C=O) groups is 2. The number of aromatic nitrogens is 2. The number of hydrogen-bond donors (Lipinski definition) is 2. The summed E-state index contributed by atoms with van der Waals surface area (Å²) in [6, 6.07) is 9.84. The lowest BCUT2D eigenvalue weighted by Gasteiger charge is -2.10. The van der Waals surface area contributed by atoms with Crippen LogP contribution in [0.5, 0.6) is 0 Å². The van der Waals surface area contributed by atoms with Crippen LogP contribution in [0.15, 0.2) is 52.1 Å². The van der Waals surface area contributed by atoms with Crippen LogP contribution < -0.4 is 16.4 Å². The van der Waals surface area contributed by atoms with Crippen molar-refractivity contribution in [1.29, 1.82) is 0 Å². The summed E-state index contributed by atoms with van der Waals surface area (Å²) in [6.07, 6.45) is 0. The molecule has 3 aromatic rings. The predicted octanol–water partition coefficient (Wildman–Crippen LogP) is 1.67.